The van der Waals surface area contributed by atoms with Gasteiger partial charge >= 0.3 is 0 Å². The molecule has 0 bridgehead atoms. The molecule has 2 aromatic carbocycles. The van der Waals surface area contributed by atoms with Crippen molar-refractivity contribution in [3.05, 3.63) is 54.2 Å². The number of anilines is 1. The molecule has 0 spiro atoms. The molecule has 3 N–H and O–H groups in total. The molecule has 0 aliphatic rings. The van der Waals surface area contributed by atoms with Crippen LogP contribution >= 0.6 is 0 Å². The van der Waals surface area contributed by atoms with Gasteiger partial charge in [0.25, 0.3) is 5.91 Å². The monoisotopic (exact) mass is 371 g/mol. The van der Waals surface area contributed by atoms with Crippen molar-refractivity contribution in [2.24, 2.45) is 0 Å². The molecule has 3 aromatic rings. The molecule has 7 nitrogen and oxygen atoms in total. The number of hydrogen-bond donors (Lipinski definition) is 3. The highest BCUT2D eigenvalue weighted by molar-refractivity contribution is 7.91. The first-order valence-electron chi connectivity index (χ1n) is 7.79. The van der Waals surface area contributed by atoms with Gasteiger partial charge in [-0.25, -0.2) is 8.42 Å². The quantitative estimate of drug-likeness (QED) is 0.654. The highest BCUT2D eigenvalue weighted by atomic mass is 32.2. The van der Waals surface area contributed by atoms with E-state index >= 15 is 0 Å². The Morgan fingerprint density at radius 1 is 1.04 bits per heavy atom. The third-order valence-corrected chi connectivity index (χ3v) is 5.73. The van der Waals surface area contributed by atoms with Crippen LogP contribution < -0.4 is 10.6 Å². The van der Waals surface area contributed by atoms with Crippen molar-refractivity contribution >= 4 is 38.2 Å². The average Bonchev–Trinajstić information content (AvgIpc) is 3.06. The fourth-order valence-electron chi connectivity index (χ4n) is 2.72. The van der Waals surface area contributed by atoms with Gasteiger partial charge in [-0.05, 0) is 30.3 Å². The third kappa shape index (κ3) is 3.06. The largest absolute Gasteiger partial charge is 0.359 e. The van der Waals surface area contributed by atoms with Crippen molar-refractivity contribution in [2.75, 3.05) is 12.4 Å². The second-order valence-electron chi connectivity index (χ2n) is 5.67. The molecule has 3 rings (SSSR count). The number of fused-ring (bicyclic) bond motifs is 1. The summed E-state index contributed by atoms with van der Waals surface area (Å²) in [5, 5.41) is 5.56. The predicted molar refractivity (Wildman–Crippen MR) is 97.9 cm³/mol. The maximum Gasteiger partial charge on any atom is 0.253 e. The smallest absolute Gasteiger partial charge is 0.253 e. The van der Waals surface area contributed by atoms with Crippen LogP contribution in [0.4, 0.5) is 5.69 Å². The number of carbonyl (C=O) groups is 2. The Balaban J connectivity index is 2.08. The molecule has 134 valence electrons. The molecule has 0 saturated heterocycles. The highest BCUT2D eigenvalue weighted by Crippen LogP contribution is 2.30. The Morgan fingerprint density at radius 2 is 1.73 bits per heavy atom. The zero-order valence-electron chi connectivity index (χ0n) is 14.2. The van der Waals surface area contributed by atoms with Gasteiger partial charge in [-0.2, -0.15) is 0 Å². The van der Waals surface area contributed by atoms with E-state index < -0.39 is 9.84 Å². The predicted octanol–water partition coefficient (Wildman–Crippen LogP) is 2.32. The van der Waals surface area contributed by atoms with Crippen LogP contribution in [0.3, 0.4) is 0 Å². The number of hydrogen-bond acceptors (Lipinski definition) is 4. The van der Waals surface area contributed by atoms with E-state index in [1.165, 1.54) is 44.4 Å². The Bertz CT molecular complexity index is 1100. The number of aromatic amines is 1. The van der Waals surface area contributed by atoms with E-state index in [4.69, 9.17) is 0 Å². The number of carbonyl (C=O) groups excluding carboxylic acids is 2. The summed E-state index contributed by atoms with van der Waals surface area (Å²) in [6.07, 6.45) is 1.38. The lowest BCUT2D eigenvalue weighted by atomic mass is 10.1. The van der Waals surface area contributed by atoms with Crippen LogP contribution in [-0.4, -0.2) is 32.3 Å². The van der Waals surface area contributed by atoms with E-state index in [1.807, 2.05) is 0 Å². The number of sulfone groups is 1. The van der Waals surface area contributed by atoms with Crippen molar-refractivity contribution in [1.29, 1.82) is 0 Å². The van der Waals surface area contributed by atoms with Gasteiger partial charge < -0.3 is 15.6 Å². The van der Waals surface area contributed by atoms with Crippen LogP contribution in [0, 0.1) is 0 Å². The first-order chi connectivity index (χ1) is 12.3. The van der Waals surface area contributed by atoms with Crippen molar-refractivity contribution in [3.63, 3.8) is 0 Å². The molecular weight excluding hydrogens is 354 g/mol. The fourth-order valence-corrected chi connectivity index (χ4v) is 4.14. The number of rotatable bonds is 4. The summed E-state index contributed by atoms with van der Waals surface area (Å²) in [7, 11) is -2.28. The summed E-state index contributed by atoms with van der Waals surface area (Å²) in [4.78, 5) is 26.1. The number of aromatic nitrogens is 1. The molecule has 0 unspecified atom stereocenters. The topological polar surface area (TPSA) is 108 Å². The minimum atomic E-state index is -3.79. The minimum Gasteiger partial charge on any atom is -0.359 e. The standard InChI is InChI=1S/C18H17N3O4S/c1-11(22)21-12-6-8-13(9-7-12)26(24,25)16-10-20-17-14(16)4-3-5-15(17)18(23)19-2/h3-10,20H,1-2H3,(H,19,23)(H,21,22). The normalized spacial score (nSPS) is 11.3. The Hall–Kier alpha value is -3.13. The number of amides is 2. The van der Waals surface area contributed by atoms with Crippen molar-refractivity contribution in [3.8, 4) is 0 Å². The Kier molecular flexibility index (Phi) is 4.52. The summed E-state index contributed by atoms with van der Waals surface area (Å²) in [6.45, 7) is 1.38. The van der Waals surface area contributed by atoms with Crippen molar-refractivity contribution in [2.45, 2.75) is 16.7 Å². The van der Waals surface area contributed by atoms with E-state index in [0.717, 1.165) is 0 Å². The van der Waals surface area contributed by atoms with Crippen LogP contribution in [0.15, 0.2) is 58.5 Å². The second-order valence-corrected chi connectivity index (χ2v) is 7.59. The molecule has 0 aliphatic heterocycles. The third-order valence-electron chi connectivity index (χ3n) is 3.92. The SMILES string of the molecule is CNC(=O)c1cccc2c(S(=O)(=O)c3ccc(NC(C)=O)cc3)c[nH]c12. The highest BCUT2D eigenvalue weighted by Gasteiger charge is 2.23. The lowest BCUT2D eigenvalue weighted by molar-refractivity contribution is -0.114. The van der Waals surface area contributed by atoms with E-state index in [1.54, 1.807) is 18.2 Å². The van der Waals surface area contributed by atoms with Gasteiger partial charge in [0.05, 0.1) is 20.9 Å². The molecule has 8 heteroatoms. The molecule has 1 aromatic heterocycles. The van der Waals surface area contributed by atoms with Gasteiger partial charge in [-0.3, -0.25) is 9.59 Å². The molecule has 1 heterocycles. The van der Waals surface area contributed by atoms with E-state index in [-0.39, 0.29) is 21.6 Å². The van der Waals surface area contributed by atoms with Gasteiger partial charge in [0.15, 0.2) is 0 Å². The zero-order valence-corrected chi connectivity index (χ0v) is 15.0. The van der Waals surface area contributed by atoms with Crippen molar-refractivity contribution < 1.29 is 18.0 Å². The van der Waals surface area contributed by atoms with Gasteiger partial charge in [-0.15, -0.1) is 0 Å². The van der Waals surface area contributed by atoms with Crippen LogP contribution in [0.5, 0.6) is 0 Å². The maximum atomic E-state index is 13.0. The van der Waals surface area contributed by atoms with E-state index in [2.05, 4.69) is 15.6 Å². The lowest BCUT2D eigenvalue weighted by Gasteiger charge is -2.06. The molecular formula is C18H17N3O4S. The summed E-state index contributed by atoms with van der Waals surface area (Å²) in [5.41, 5.74) is 1.34. The van der Waals surface area contributed by atoms with Crippen LogP contribution in [-0.2, 0) is 14.6 Å². The molecule has 2 amide bonds. The number of para-hydroxylation sites is 1. The fraction of sp³-hybridized carbons (Fsp3) is 0.111. The minimum absolute atomic E-state index is 0.0885. The number of H-pyrrole nitrogens is 1. The lowest BCUT2D eigenvalue weighted by Crippen LogP contribution is -2.18. The summed E-state index contributed by atoms with van der Waals surface area (Å²) in [6, 6.07) is 10.8. The Morgan fingerprint density at radius 3 is 2.35 bits per heavy atom. The van der Waals surface area contributed by atoms with Gasteiger partial charge in [0.2, 0.25) is 15.7 Å². The van der Waals surface area contributed by atoms with Crippen LogP contribution in [0.25, 0.3) is 10.9 Å². The van der Waals surface area contributed by atoms with Crippen LogP contribution in [0.1, 0.15) is 17.3 Å². The molecule has 0 saturated carbocycles. The first-order valence-corrected chi connectivity index (χ1v) is 9.28. The first kappa shape index (κ1) is 17.7. The molecule has 26 heavy (non-hydrogen) atoms. The maximum absolute atomic E-state index is 13.0. The van der Waals surface area contributed by atoms with E-state index in [9.17, 15) is 18.0 Å². The summed E-state index contributed by atoms with van der Waals surface area (Å²) >= 11 is 0. The number of benzene rings is 2. The molecule has 0 aliphatic carbocycles. The van der Waals surface area contributed by atoms with E-state index in [0.29, 0.717) is 22.2 Å². The average molecular weight is 371 g/mol. The van der Waals surface area contributed by atoms with Gasteiger partial charge in [0, 0.05) is 31.2 Å². The number of nitrogens with one attached hydrogen (secondary N) is 3. The summed E-state index contributed by atoms with van der Waals surface area (Å²) < 4.78 is 26.0. The second kappa shape index (κ2) is 6.64. The summed E-state index contributed by atoms with van der Waals surface area (Å²) in [5.74, 6) is -0.542. The molecule has 0 atom stereocenters. The molecule has 0 fully saturated rings. The van der Waals surface area contributed by atoms with Crippen molar-refractivity contribution in [1.82, 2.24) is 10.3 Å². The van der Waals surface area contributed by atoms with Gasteiger partial charge in [-0.1, -0.05) is 12.1 Å². The van der Waals surface area contributed by atoms with Crippen LogP contribution in [0.2, 0.25) is 0 Å². The van der Waals surface area contributed by atoms with Gasteiger partial charge in [0.1, 0.15) is 0 Å². The Labute approximate surface area is 150 Å². The zero-order chi connectivity index (χ0) is 18.9. The molecule has 0 radical (unpaired) electrons.